The van der Waals surface area contributed by atoms with Gasteiger partial charge in [-0.05, 0) is 85.3 Å². The molecule has 16 N–H and O–H groups in total. The maximum Gasteiger partial charge on any atom is 0.269 e. The second-order valence-corrected chi connectivity index (χ2v) is 22.6. The van der Waals surface area contributed by atoms with Crippen molar-refractivity contribution in [3.63, 3.8) is 0 Å². The number of phenolic OH excluding ortho intramolecular Hbond substituents is 2. The Balaban J connectivity index is 1.42. The highest BCUT2D eigenvalue weighted by atomic mass is 33.1. The minimum absolute atomic E-state index is 0.0472. The Morgan fingerprint density at radius 2 is 1.25 bits per heavy atom. The van der Waals surface area contributed by atoms with Crippen LogP contribution in [0.5, 0.6) is 11.5 Å². The predicted octanol–water partition coefficient (Wildman–Crippen LogP) is 0.0463. The SMILES string of the molecule is CC(=O)N[C@@H](Cc1ccc([N+](=O)[O-])cc1)C(=O)N[C@@H]1CSSC[C@@H](C(=O)N[C@@H](Cc2ccc(O)cc2)C(N)=O)NC(=O)[C@H](C(C)O)NC(=O)[C@H](CCCCN)NC(=O)[C@@H](Cc2c[nH]c3ccccc23)NC(=O)[C@H](Cc2ccc(O)cc2)NC1=O. The number of amides is 9. The number of primary amides is 1. The largest absolute Gasteiger partial charge is 0.508 e. The van der Waals surface area contributed by atoms with Crippen LogP contribution in [0.3, 0.4) is 0 Å². The number of phenols is 2. The number of benzene rings is 4. The quantitative estimate of drug-likeness (QED) is 0.0212. The third-order valence-corrected chi connectivity index (χ3v) is 15.9. The molecule has 9 atom stereocenters. The fourth-order valence-corrected chi connectivity index (χ4v) is 11.3. The molecule has 1 aliphatic heterocycles. The summed E-state index contributed by atoms with van der Waals surface area (Å²) in [7, 11) is 1.80. The Bertz CT molecular complexity index is 3150. The van der Waals surface area contributed by atoms with Gasteiger partial charge < -0.3 is 74.3 Å². The zero-order valence-corrected chi connectivity index (χ0v) is 47.5. The summed E-state index contributed by atoms with van der Waals surface area (Å²) in [6.45, 7) is 2.56. The molecule has 6 rings (SSSR count). The molecular weight excluding hydrogens is 1130 g/mol. The molecule has 2 heterocycles. The molecule has 1 aliphatic rings. The van der Waals surface area contributed by atoms with Crippen LogP contribution >= 0.6 is 21.6 Å². The average molecular weight is 1200 g/mol. The number of nitrogens with one attached hydrogen (secondary N) is 9. The Kier molecular flexibility index (Phi) is 23.8. The molecule has 1 aromatic heterocycles. The number of fused-ring (bicyclic) bond motifs is 1. The third kappa shape index (κ3) is 19.2. The van der Waals surface area contributed by atoms with Crippen molar-refractivity contribution in [1.82, 2.24) is 47.5 Å². The molecule has 0 bridgehead atoms. The normalized spacial score (nSPS) is 20.5. The first-order valence-electron chi connectivity index (χ1n) is 26.7. The molecule has 84 heavy (non-hydrogen) atoms. The number of nitro groups is 1. The number of nitro benzene ring substituents is 1. The van der Waals surface area contributed by atoms with Gasteiger partial charge in [-0.3, -0.25) is 53.3 Å². The highest BCUT2D eigenvalue weighted by Gasteiger charge is 2.37. The fraction of sp³-hybridized carbons (Fsp3) is 0.375. The molecule has 0 radical (unpaired) electrons. The maximum absolute atomic E-state index is 14.9. The Labute approximate surface area is 490 Å². The van der Waals surface area contributed by atoms with Gasteiger partial charge >= 0.3 is 0 Å². The van der Waals surface area contributed by atoms with Crippen LogP contribution in [-0.2, 0) is 68.8 Å². The smallest absolute Gasteiger partial charge is 0.269 e. The number of non-ortho nitro benzene ring substituents is 1. The fourth-order valence-electron chi connectivity index (χ4n) is 8.98. The molecule has 0 aliphatic carbocycles. The number of hydrogen-bond acceptors (Lipinski definition) is 17. The molecule has 26 nitrogen and oxygen atoms in total. The van der Waals surface area contributed by atoms with Gasteiger partial charge in [-0.25, -0.2) is 0 Å². The molecule has 1 saturated heterocycles. The van der Waals surface area contributed by atoms with E-state index >= 15 is 0 Å². The van der Waals surface area contributed by atoms with Crippen molar-refractivity contribution in [3.8, 4) is 11.5 Å². The average Bonchev–Trinajstić information content (AvgIpc) is 3.90. The van der Waals surface area contributed by atoms with E-state index in [-0.39, 0.29) is 73.8 Å². The van der Waals surface area contributed by atoms with E-state index in [9.17, 15) is 68.6 Å². The van der Waals surface area contributed by atoms with Crippen molar-refractivity contribution in [2.75, 3.05) is 18.1 Å². The number of H-pyrrole nitrogens is 1. The Morgan fingerprint density at radius 1 is 0.690 bits per heavy atom. The molecule has 0 saturated carbocycles. The number of nitrogens with zero attached hydrogens (tertiary/aromatic N) is 1. The summed E-state index contributed by atoms with van der Waals surface area (Å²) < 4.78 is 0. The van der Waals surface area contributed by atoms with Crippen LogP contribution in [-0.4, -0.2) is 151 Å². The summed E-state index contributed by atoms with van der Waals surface area (Å²) in [5.74, 6) is -9.11. The molecule has 1 unspecified atom stereocenters. The number of aromatic hydroxyl groups is 2. The van der Waals surface area contributed by atoms with Crippen LogP contribution in [0.25, 0.3) is 10.9 Å². The van der Waals surface area contributed by atoms with E-state index in [0.717, 1.165) is 28.5 Å². The Morgan fingerprint density at radius 3 is 1.86 bits per heavy atom. The third-order valence-electron chi connectivity index (χ3n) is 13.5. The highest BCUT2D eigenvalue weighted by Crippen LogP contribution is 2.25. The lowest BCUT2D eigenvalue weighted by molar-refractivity contribution is -0.384. The zero-order valence-electron chi connectivity index (χ0n) is 45.8. The van der Waals surface area contributed by atoms with E-state index in [1.54, 1.807) is 30.5 Å². The topological polar surface area (TPSA) is 422 Å². The van der Waals surface area contributed by atoms with Gasteiger partial charge in [0.2, 0.25) is 53.2 Å². The standard InChI is InChI=1S/C56H68N12O14S2/c1-30(69)48-56(80)66-47(54(78)62-42(49(58)73)23-33-12-18-37(71)19-13-33)29-84-83-28-46(65-51(75)43(60-31(2)70)24-32-10-16-36(17-11-32)68(81)82)55(79)63-44(25-34-14-20-38(72)21-15-34)52(76)64-45(26-35-27-59-40-8-4-3-7-39(35)40)53(77)61-41(50(74)67-48)9-5-6-22-57/h3-4,7-8,10-21,27,30,41-48,59,69,71-72H,5-6,9,22-26,28-29,57H2,1-2H3,(H2,58,73)(H,60,70)(H,61,77)(H,62,78)(H,63,79)(H,64,76)(H,65,75)(H,66,80)(H,67,74)/t30?,41-,42-,43-,44-,45+,46+,47-,48-/m0/s1. The second kappa shape index (κ2) is 31.1. The predicted molar refractivity (Wildman–Crippen MR) is 312 cm³/mol. The number of aliphatic hydroxyl groups is 1. The van der Waals surface area contributed by atoms with Crippen molar-refractivity contribution in [2.45, 2.75) is 113 Å². The summed E-state index contributed by atoms with van der Waals surface area (Å²) in [6.07, 6.45) is -0.147. The van der Waals surface area contributed by atoms with Crippen molar-refractivity contribution >= 4 is 91.3 Å². The molecule has 4 aromatic carbocycles. The molecule has 0 spiro atoms. The summed E-state index contributed by atoms with van der Waals surface area (Å²) in [5.41, 5.74) is 13.9. The molecular formula is C56H68N12O14S2. The summed E-state index contributed by atoms with van der Waals surface area (Å²) in [5, 5.41) is 64.1. The van der Waals surface area contributed by atoms with Gasteiger partial charge in [0.15, 0.2) is 0 Å². The van der Waals surface area contributed by atoms with E-state index in [2.05, 4.69) is 47.5 Å². The first-order valence-corrected chi connectivity index (χ1v) is 29.2. The number of hydrogen-bond donors (Lipinski definition) is 14. The molecule has 28 heteroatoms. The van der Waals surface area contributed by atoms with Gasteiger partial charge in [0.05, 0.1) is 11.0 Å². The monoisotopic (exact) mass is 1200 g/mol. The maximum atomic E-state index is 14.9. The van der Waals surface area contributed by atoms with Crippen LogP contribution < -0.4 is 54.0 Å². The van der Waals surface area contributed by atoms with Crippen LogP contribution in [0, 0.1) is 10.1 Å². The second-order valence-electron chi connectivity index (χ2n) is 20.0. The summed E-state index contributed by atoms with van der Waals surface area (Å²) in [6, 6.07) is 11.7. The zero-order chi connectivity index (χ0) is 61.0. The number of carbonyl (C=O) groups is 9. The van der Waals surface area contributed by atoms with E-state index in [0.29, 0.717) is 39.6 Å². The van der Waals surface area contributed by atoms with Gasteiger partial charge in [-0.15, -0.1) is 0 Å². The van der Waals surface area contributed by atoms with Crippen molar-refractivity contribution in [3.05, 3.63) is 136 Å². The van der Waals surface area contributed by atoms with E-state index < -0.39 is 113 Å². The number of aliphatic hydroxyl groups excluding tert-OH is 1. The lowest BCUT2D eigenvalue weighted by Crippen LogP contribution is -2.62. The summed E-state index contributed by atoms with van der Waals surface area (Å²) >= 11 is 0. The van der Waals surface area contributed by atoms with Crippen molar-refractivity contribution in [2.24, 2.45) is 11.5 Å². The minimum Gasteiger partial charge on any atom is -0.508 e. The van der Waals surface area contributed by atoms with Gasteiger partial charge in [0, 0.05) is 73.3 Å². The first kappa shape index (κ1) is 64.4. The van der Waals surface area contributed by atoms with Crippen LogP contribution in [0.4, 0.5) is 5.69 Å². The number of aromatic nitrogens is 1. The van der Waals surface area contributed by atoms with Crippen LogP contribution in [0.2, 0.25) is 0 Å². The highest BCUT2D eigenvalue weighted by molar-refractivity contribution is 8.76. The van der Waals surface area contributed by atoms with E-state index in [1.165, 1.54) is 79.7 Å². The van der Waals surface area contributed by atoms with Crippen LogP contribution in [0.1, 0.15) is 55.4 Å². The number of unbranched alkanes of at least 4 members (excludes halogenated alkanes) is 1. The number of aromatic amines is 1. The Hall–Kier alpha value is -8.73. The van der Waals surface area contributed by atoms with Crippen molar-refractivity contribution < 1.29 is 63.4 Å². The number of rotatable bonds is 20. The minimum atomic E-state index is -1.78. The number of nitrogens with two attached hydrogens (primary N) is 2. The first-order chi connectivity index (χ1) is 40.1. The number of para-hydroxylation sites is 1. The van der Waals surface area contributed by atoms with E-state index in [4.69, 9.17) is 11.5 Å². The van der Waals surface area contributed by atoms with Gasteiger partial charge in [-0.1, -0.05) is 76.2 Å². The molecule has 5 aromatic rings. The van der Waals surface area contributed by atoms with E-state index in [1.807, 2.05) is 0 Å². The van der Waals surface area contributed by atoms with Gasteiger partial charge in [-0.2, -0.15) is 0 Å². The summed E-state index contributed by atoms with van der Waals surface area (Å²) in [4.78, 5) is 141. The van der Waals surface area contributed by atoms with Crippen LogP contribution in [0.15, 0.2) is 103 Å². The lowest BCUT2D eigenvalue weighted by atomic mass is 10.0. The van der Waals surface area contributed by atoms with Crippen molar-refractivity contribution in [1.29, 1.82) is 0 Å². The van der Waals surface area contributed by atoms with Gasteiger partial charge in [0.25, 0.3) is 5.69 Å². The number of carbonyl (C=O) groups excluding carboxylic acids is 9. The molecule has 9 amide bonds. The molecule has 448 valence electrons. The van der Waals surface area contributed by atoms with Gasteiger partial charge in [0.1, 0.15) is 59.8 Å². The lowest BCUT2D eigenvalue weighted by Gasteiger charge is -2.29. The molecule has 1 fully saturated rings.